The van der Waals surface area contributed by atoms with E-state index in [9.17, 15) is 5.11 Å². The molecular weight excluding hydrogens is 222 g/mol. The third-order valence-corrected chi connectivity index (χ3v) is 3.63. The lowest BCUT2D eigenvalue weighted by Crippen LogP contribution is -2.23. The van der Waals surface area contributed by atoms with Gasteiger partial charge in [-0.1, -0.05) is 0 Å². The van der Waals surface area contributed by atoms with Gasteiger partial charge in [0.25, 0.3) is 0 Å². The van der Waals surface area contributed by atoms with Crippen molar-refractivity contribution in [3.63, 3.8) is 0 Å². The number of aryl methyl sites for hydroxylation is 1. The van der Waals surface area contributed by atoms with Gasteiger partial charge in [0.1, 0.15) is 0 Å². The number of hydrogen-bond acceptors (Lipinski definition) is 4. The van der Waals surface area contributed by atoms with Crippen LogP contribution in [-0.2, 0) is 6.54 Å². The monoisotopic (exact) mass is 237 g/mol. The van der Waals surface area contributed by atoms with Gasteiger partial charge in [0, 0.05) is 23.3 Å². The highest BCUT2D eigenvalue weighted by molar-refractivity contribution is 7.10. The normalized spacial score (nSPS) is 12.9. The highest BCUT2D eigenvalue weighted by Gasteiger charge is 2.13. The van der Waals surface area contributed by atoms with Crippen molar-refractivity contribution in [2.45, 2.75) is 19.5 Å². The number of H-pyrrole nitrogens is 1. The Kier molecular flexibility index (Phi) is 3.71. The van der Waals surface area contributed by atoms with Gasteiger partial charge in [-0.25, -0.2) is 4.98 Å². The zero-order chi connectivity index (χ0) is 11.4. The van der Waals surface area contributed by atoms with Gasteiger partial charge in [0.05, 0.1) is 19.0 Å². The summed E-state index contributed by atoms with van der Waals surface area (Å²) in [6, 6.07) is 2.07. The number of thiophene rings is 1. The molecule has 2 aromatic rings. The van der Waals surface area contributed by atoms with E-state index in [1.807, 2.05) is 5.38 Å². The fraction of sp³-hybridized carbons (Fsp3) is 0.364. The van der Waals surface area contributed by atoms with Crippen LogP contribution < -0.4 is 5.32 Å². The van der Waals surface area contributed by atoms with Gasteiger partial charge in [-0.15, -0.1) is 11.3 Å². The Hall–Kier alpha value is -1.17. The molecule has 0 bridgehead atoms. The maximum absolute atomic E-state index is 9.37. The Bertz CT molecular complexity index is 424. The molecule has 0 saturated carbocycles. The van der Waals surface area contributed by atoms with Crippen LogP contribution >= 0.6 is 11.3 Å². The van der Waals surface area contributed by atoms with E-state index in [0.717, 1.165) is 5.69 Å². The lowest BCUT2D eigenvalue weighted by molar-refractivity contribution is 0.245. The predicted molar refractivity (Wildman–Crippen MR) is 64.3 cm³/mol. The Balaban J connectivity index is 1.99. The van der Waals surface area contributed by atoms with Crippen molar-refractivity contribution >= 4 is 11.3 Å². The maximum Gasteiger partial charge on any atom is 0.0922 e. The Morgan fingerprint density at radius 1 is 1.62 bits per heavy atom. The summed E-state index contributed by atoms with van der Waals surface area (Å²) < 4.78 is 0. The van der Waals surface area contributed by atoms with Crippen LogP contribution in [0.4, 0.5) is 0 Å². The van der Waals surface area contributed by atoms with Gasteiger partial charge < -0.3 is 15.4 Å². The van der Waals surface area contributed by atoms with Crippen molar-refractivity contribution in [1.29, 1.82) is 0 Å². The molecule has 2 aromatic heterocycles. The molecule has 5 heteroatoms. The van der Waals surface area contributed by atoms with E-state index in [-0.39, 0.29) is 12.6 Å². The highest BCUT2D eigenvalue weighted by Crippen LogP contribution is 2.23. The smallest absolute Gasteiger partial charge is 0.0922 e. The third kappa shape index (κ3) is 2.49. The number of rotatable bonds is 5. The lowest BCUT2D eigenvalue weighted by atomic mass is 10.2. The minimum absolute atomic E-state index is 0.00306. The fourth-order valence-electron chi connectivity index (χ4n) is 1.60. The minimum Gasteiger partial charge on any atom is -0.394 e. The summed E-state index contributed by atoms with van der Waals surface area (Å²) in [6.45, 7) is 2.85. The van der Waals surface area contributed by atoms with Gasteiger partial charge >= 0.3 is 0 Å². The average molecular weight is 237 g/mol. The molecule has 16 heavy (non-hydrogen) atoms. The van der Waals surface area contributed by atoms with E-state index >= 15 is 0 Å². The van der Waals surface area contributed by atoms with Gasteiger partial charge in [-0.3, -0.25) is 0 Å². The van der Waals surface area contributed by atoms with Gasteiger partial charge in [0.2, 0.25) is 0 Å². The maximum atomic E-state index is 9.37. The van der Waals surface area contributed by atoms with Gasteiger partial charge in [-0.05, 0) is 23.9 Å². The molecule has 1 atom stereocenters. The van der Waals surface area contributed by atoms with Crippen molar-refractivity contribution in [1.82, 2.24) is 15.3 Å². The number of aromatic amines is 1. The van der Waals surface area contributed by atoms with E-state index in [2.05, 4.69) is 28.3 Å². The highest BCUT2D eigenvalue weighted by atomic mass is 32.1. The Morgan fingerprint density at radius 3 is 3.06 bits per heavy atom. The summed E-state index contributed by atoms with van der Waals surface area (Å²) >= 11 is 1.67. The molecule has 0 amide bonds. The summed E-state index contributed by atoms with van der Waals surface area (Å²) in [4.78, 5) is 8.17. The molecule has 86 valence electrons. The van der Waals surface area contributed by atoms with Crippen LogP contribution in [0.5, 0.6) is 0 Å². The number of nitrogens with one attached hydrogen (secondary N) is 2. The van der Waals surface area contributed by atoms with E-state index in [1.165, 1.54) is 10.4 Å². The predicted octanol–water partition coefficient (Wildman–Crippen LogP) is 1.60. The summed E-state index contributed by atoms with van der Waals surface area (Å²) in [7, 11) is 0. The van der Waals surface area contributed by atoms with Crippen LogP contribution in [0.2, 0.25) is 0 Å². The molecular formula is C11H15N3OS. The van der Waals surface area contributed by atoms with Crippen molar-refractivity contribution in [2.75, 3.05) is 6.61 Å². The molecule has 1 unspecified atom stereocenters. The van der Waals surface area contributed by atoms with Crippen LogP contribution in [-0.4, -0.2) is 21.7 Å². The molecule has 2 heterocycles. The van der Waals surface area contributed by atoms with E-state index in [0.29, 0.717) is 6.54 Å². The third-order valence-electron chi connectivity index (χ3n) is 2.49. The summed E-state index contributed by atoms with van der Waals surface area (Å²) in [5.74, 6) is 0. The topological polar surface area (TPSA) is 60.9 Å². The zero-order valence-electron chi connectivity index (χ0n) is 9.10. The molecule has 3 N–H and O–H groups in total. The number of aliphatic hydroxyl groups is 1. The Labute approximate surface area is 98.4 Å². The average Bonchev–Trinajstić information content (AvgIpc) is 2.92. The van der Waals surface area contributed by atoms with Gasteiger partial charge in [0.15, 0.2) is 0 Å². The number of imidazole rings is 1. The van der Waals surface area contributed by atoms with Crippen molar-refractivity contribution in [3.05, 3.63) is 40.1 Å². The number of nitrogens with zero attached hydrogens (tertiary/aromatic N) is 1. The first-order valence-corrected chi connectivity index (χ1v) is 6.04. The summed E-state index contributed by atoms with van der Waals surface area (Å²) in [5, 5.41) is 14.7. The number of aromatic nitrogens is 2. The molecule has 4 nitrogen and oxygen atoms in total. The minimum atomic E-state index is 0.00306. The molecule has 0 radical (unpaired) electrons. The summed E-state index contributed by atoms with van der Waals surface area (Å²) in [5.41, 5.74) is 2.24. The first-order chi connectivity index (χ1) is 7.81. The van der Waals surface area contributed by atoms with Crippen molar-refractivity contribution < 1.29 is 5.11 Å². The van der Waals surface area contributed by atoms with Crippen molar-refractivity contribution in [2.24, 2.45) is 0 Å². The van der Waals surface area contributed by atoms with E-state index in [4.69, 9.17) is 0 Å². The van der Waals surface area contributed by atoms with Crippen LogP contribution in [0.1, 0.15) is 22.2 Å². The first-order valence-electron chi connectivity index (χ1n) is 5.16. The number of aliphatic hydroxyl groups excluding tert-OH is 1. The molecule has 0 spiro atoms. The number of hydrogen-bond donors (Lipinski definition) is 3. The molecule has 0 aromatic carbocycles. The molecule has 0 aliphatic rings. The fourth-order valence-corrected chi connectivity index (χ4v) is 2.59. The van der Waals surface area contributed by atoms with Crippen molar-refractivity contribution in [3.8, 4) is 0 Å². The lowest BCUT2D eigenvalue weighted by Gasteiger charge is -2.15. The standard InChI is InChI=1S/C11H15N3OS/c1-8-2-3-16-11(8)10(6-15)13-5-9-4-12-7-14-9/h2-4,7,10,13,15H,5-6H2,1H3,(H,12,14). The quantitative estimate of drug-likeness (QED) is 0.740. The van der Waals surface area contributed by atoms with Gasteiger partial charge in [-0.2, -0.15) is 0 Å². The van der Waals surface area contributed by atoms with Crippen LogP contribution in [0.25, 0.3) is 0 Å². The second kappa shape index (κ2) is 5.25. The SMILES string of the molecule is Cc1ccsc1C(CO)NCc1cnc[nH]1. The molecule has 2 rings (SSSR count). The largest absolute Gasteiger partial charge is 0.394 e. The first kappa shape index (κ1) is 11.3. The molecule has 0 aliphatic heterocycles. The second-order valence-corrected chi connectivity index (χ2v) is 4.61. The molecule has 0 saturated heterocycles. The molecule has 0 fully saturated rings. The van der Waals surface area contributed by atoms with Crippen LogP contribution in [0.3, 0.4) is 0 Å². The molecule has 0 aliphatic carbocycles. The summed E-state index contributed by atoms with van der Waals surface area (Å²) in [6.07, 6.45) is 3.43. The van der Waals surface area contributed by atoms with E-state index < -0.39 is 0 Å². The Morgan fingerprint density at radius 2 is 2.50 bits per heavy atom. The zero-order valence-corrected chi connectivity index (χ0v) is 9.92. The van der Waals surface area contributed by atoms with Crippen LogP contribution in [0.15, 0.2) is 24.0 Å². The second-order valence-electron chi connectivity index (χ2n) is 3.66. The van der Waals surface area contributed by atoms with E-state index in [1.54, 1.807) is 23.9 Å². The van der Waals surface area contributed by atoms with Crippen LogP contribution in [0, 0.1) is 6.92 Å².